The topological polar surface area (TPSA) is 102 Å². The van der Waals surface area contributed by atoms with Crippen molar-refractivity contribution >= 4 is 60.9 Å². The maximum Gasteiger partial charge on any atom is 0.437 e. The summed E-state index contributed by atoms with van der Waals surface area (Å²) >= 11 is 1.68. The second kappa shape index (κ2) is 28.2. The number of hydrogen-bond acceptors (Lipinski definition) is 8. The highest BCUT2D eigenvalue weighted by atomic mass is 32.2. The van der Waals surface area contributed by atoms with E-state index in [1.165, 1.54) is 57.2 Å². The van der Waals surface area contributed by atoms with Crippen molar-refractivity contribution in [1.82, 2.24) is 0 Å². The van der Waals surface area contributed by atoms with Crippen LogP contribution in [0.25, 0.3) is 6.08 Å². The number of thioether (sulfide) groups is 1. The number of hydrogen-bond donors (Lipinski definition) is 0. The number of benzene rings is 7. The predicted molar refractivity (Wildman–Crippen MR) is 366 cm³/mol. The van der Waals surface area contributed by atoms with E-state index >= 15 is 13.2 Å². The van der Waals surface area contributed by atoms with Crippen LogP contribution in [0.5, 0.6) is 0 Å². The summed E-state index contributed by atoms with van der Waals surface area (Å²) < 4.78 is 68.1. The van der Waals surface area contributed by atoms with Crippen molar-refractivity contribution in [3.05, 3.63) is 286 Å². The lowest BCUT2D eigenvalue weighted by atomic mass is 9.74. The molecule has 1 aliphatic carbocycles. The Morgan fingerprint density at radius 1 is 0.589 bits per heavy atom. The molecule has 13 heteroatoms. The van der Waals surface area contributed by atoms with Crippen LogP contribution in [0.3, 0.4) is 0 Å². The highest BCUT2D eigenvalue weighted by Crippen LogP contribution is 2.56. The molecule has 458 valence electrons. The number of ether oxygens (including phenoxy) is 1. The van der Waals surface area contributed by atoms with Gasteiger partial charge in [-0.1, -0.05) is 280 Å². The Kier molecular flexibility index (Phi) is 20.6. The lowest BCUT2D eigenvalue weighted by Gasteiger charge is -2.44. The van der Waals surface area contributed by atoms with Gasteiger partial charge < -0.3 is 18.5 Å². The molecule has 0 radical (unpaired) electrons. The predicted octanol–water partition coefficient (Wildman–Crippen LogP) is 16.8. The van der Waals surface area contributed by atoms with E-state index < -0.39 is 50.9 Å². The van der Waals surface area contributed by atoms with Gasteiger partial charge in [0.2, 0.25) is 0 Å². The van der Waals surface area contributed by atoms with Crippen molar-refractivity contribution in [3.8, 4) is 18.2 Å². The Balaban J connectivity index is 1.09. The first-order valence-corrected chi connectivity index (χ1v) is 35.2. The SMILES string of the molecule is CC1(C)CC(/C=C/c2ccc(N(CCO[Si](c3ccccc3)(c3ccccc3)C(C)(C)C)CCO[Si](c3ccccc3)(c3ccccc3)C(C)(C)C)cc2)=C(SCc2ccccc2)C(=C/C=C/C2=C(C#N)C(=C(C#N)C#N)OC2(c2ccccc2)C(F)(F)F)/C1. The molecule has 90 heavy (non-hydrogen) atoms. The zero-order valence-corrected chi connectivity index (χ0v) is 55.3. The van der Waals surface area contributed by atoms with E-state index in [-0.39, 0.29) is 21.1 Å². The van der Waals surface area contributed by atoms with Gasteiger partial charge >= 0.3 is 6.18 Å². The molecule has 2 aliphatic rings. The Morgan fingerprint density at radius 2 is 1.03 bits per heavy atom. The smallest absolute Gasteiger partial charge is 0.437 e. The van der Waals surface area contributed by atoms with Crippen LogP contribution in [0.1, 0.15) is 84.9 Å². The van der Waals surface area contributed by atoms with E-state index in [1.54, 1.807) is 30.0 Å². The summed E-state index contributed by atoms with van der Waals surface area (Å²) in [5.41, 5.74) is -0.397. The molecule has 0 aromatic heterocycles. The molecule has 0 saturated carbocycles. The third-order valence-electron chi connectivity index (χ3n) is 16.9. The average Bonchev–Trinajstić information content (AvgIpc) is 1.49. The highest BCUT2D eigenvalue weighted by molar-refractivity contribution is 8.02. The molecule has 0 fully saturated rings. The molecule has 1 unspecified atom stereocenters. The van der Waals surface area contributed by atoms with E-state index in [2.05, 4.69) is 230 Å². The summed E-state index contributed by atoms with van der Waals surface area (Å²) in [4.78, 5) is 3.40. The minimum Gasteiger partial charge on any atom is -0.465 e. The van der Waals surface area contributed by atoms with Gasteiger partial charge in [-0.05, 0) is 83.5 Å². The van der Waals surface area contributed by atoms with Crippen LogP contribution in [-0.4, -0.2) is 49.1 Å². The largest absolute Gasteiger partial charge is 0.465 e. The molecule has 9 rings (SSSR count). The molecule has 7 aromatic carbocycles. The summed E-state index contributed by atoms with van der Waals surface area (Å²) in [6.45, 7) is 20.3. The monoisotopic (exact) mass is 1250 g/mol. The Morgan fingerprint density at radius 3 is 1.46 bits per heavy atom. The van der Waals surface area contributed by atoms with Crippen LogP contribution in [0.2, 0.25) is 10.1 Å². The summed E-state index contributed by atoms with van der Waals surface area (Å²) in [6, 6.07) is 73.9. The molecule has 7 aromatic rings. The minimum absolute atomic E-state index is 0.209. The van der Waals surface area contributed by atoms with Gasteiger partial charge in [-0.15, -0.1) is 11.8 Å². The van der Waals surface area contributed by atoms with Gasteiger partial charge in [0.15, 0.2) is 11.3 Å². The van der Waals surface area contributed by atoms with Gasteiger partial charge in [-0.2, -0.15) is 29.0 Å². The van der Waals surface area contributed by atoms with Gasteiger partial charge in [0.25, 0.3) is 22.2 Å². The zero-order valence-electron chi connectivity index (χ0n) is 52.5. The van der Waals surface area contributed by atoms with Gasteiger partial charge in [0.05, 0.1) is 13.2 Å². The fraction of sp³-hybridized carbons (Fsp3) is 0.260. The molecular weight excluding hydrogens is 1170 g/mol. The molecule has 0 spiro atoms. The van der Waals surface area contributed by atoms with E-state index in [9.17, 15) is 15.8 Å². The third kappa shape index (κ3) is 14.0. The summed E-state index contributed by atoms with van der Waals surface area (Å²) in [7, 11) is -5.76. The van der Waals surface area contributed by atoms with Gasteiger partial charge in [-0.3, -0.25) is 0 Å². The molecule has 1 aliphatic heterocycles. The number of allylic oxidation sites excluding steroid dienone is 7. The molecule has 0 saturated heterocycles. The quantitative estimate of drug-likeness (QED) is 0.0518. The lowest BCUT2D eigenvalue weighted by Crippen LogP contribution is -2.67. The van der Waals surface area contributed by atoms with Crippen LogP contribution < -0.4 is 25.6 Å². The van der Waals surface area contributed by atoms with Gasteiger partial charge in [0.1, 0.15) is 23.8 Å². The lowest BCUT2D eigenvalue weighted by molar-refractivity contribution is -0.249. The first-order chi connectivity index (χ1) is 43.1. The molecule has 0 amide bonds. The molecule has 7 nitrogen and oxygen atoms in total. The standard InChI is InChI=1S/C77H77F3N4O3SSi2/c1-73(2,3)89(65-33-19-11-20-34-65,66-35-21-12-22-36-66)85-50-48-84(49-51-86-90(74(4,5)6,67-37-23-13-24-38-67)68-39-25-14-26-40-68)64-46-43-58(44-47-64)42-45-61-53-75(7,8)52-60(72(61)88-57-59-28-15-9-16-29-59)30-27-41-70-69(56-83)71(62(54-81)55-82)87-76(70,77(78,79)80)63-31-17-10-18-32-63/h9-47H,48-53,57H2,1-8H3/b41-27+,45-42+,60-30+. The highest BCUT2D eigenvalue weighted by Gasteiger charge is 2.65. The first-order valence-electron chi connectivity index (χ1n) is 30.4. The minimum atomic E-state index is -5.11. The number of nitriles is 3. The average molecular weight is 1250 g/mol. The second-order valence-corrected chi connectivity index (χ2v) is 35.2. The normalized spacial score (nSPS) is 16.9. The van der Waals surface area contributed by atoms with Crippen LogP contribution in [-0.2, 0) is 24.9 Å². The van der Waals surface area contributed by atoms with Crippen molar-refractivity contribution in [2.24, 2.45) is 5.41 Å². The summed E-state index contributed by atoms with van der Waals surface area (Å²) in [5.74, 6) is -0.0659. The Bertz CT molecular complexity index is 3730. The number of rotatable bonds is 21. The number of alkyl halides is 3. The molecular formula is C77H77F3N4O3SSi2. The van der Waals surface area contributed by atoms with Crippen LogP contribution >= 0.6 is 11.8 Å². The van der Waals surface area contributed by atoms with Crippen LogP contribution in [0, 0.1) is 39.4 Å². The Labute approximate surface area is 536 Å². The van der Waals surface area contributed by atoms with Gasteiger partial charge in [0, 0.05) is 40.6 Å². The van der Waals surface area contributed by atoms with Crippen molar-refractivity contribution in [1.29, 1.82) is 15.8 Å². The first kappa shape index (κ1) is 66.0. The maximum atomic E-state index is 15.8. The van der Waals surface area contributed by atoms with Crippen molar-refractivity contribution in [2.75, 3.05) is 31.2 Å². The van der Waals surface area contributed by atoms with Crippen LogP contribution in [0.4, 0.5) is 18.9 Å². The van der Waals surface area contributed by atoms with Crippen molar-refractivity contribution in [3.63, 3.8) is 0 Å². The zero-order chi connectivity index (χ0) is 64.2. The van der Waals surface area contributed by atoms with Gasteiger partial charge in [-0.25, -0.2) is 0 Å². The maximum absolute atomic E-state index is 15.8. The number of anilines is 1. The molecule has 0 bridgehead atoms. The molecule has 0 N–H and O–H groups in total. The van der Waals surface area contributed by atoms with Crippen molar-refractivity contribution in [2.45, 2.75) is 95.8 Å². The third-order valence-corrected chi connectivity index (χ3v) is 28.3. The fourth-order valence-electron chi connectivity index (χ4n) is 12.8. The van der Waals surface area contributed by atoms with E-state index in [0.29, 0.717) is 38.5 Å². The second-order valence-electron chi connectivity index (χ2n) is 25.6. The van der Waals surface area contributed by atoms with E-state index in [0.717, 1.165) is 39.3 Å². The number of nitrogens with zero attached hydrogens (tertiary/aromatic N) is 4. The molecule has 1 atom stereocenters. The van der Waals surface area contributed by atoms with Crippen molar-refractivity contribution < 1.29 is 26.8 Å². The summed E-state index contributed by atoms with van der Waals surface area (Å²) in [5, 5.41) is 34.7. The molecule has 1 heterocycles. The number of halogens is 3. The van der Waals surface area contributed by atoms with Crippen LogP contribution in [0.15, 0.2) is 269 Å². The summed E-state index contributed by atoms with van der Waals surface area (Å²) in [6.07, 6.45) is 5.13. The Hall–Kier alpha value is -8.46. The van der Waals surface area contributed by atoms with E-state index in [1.807, 2.05) is 30.3 Å². The fourth-order valence-corrected chi connectivity index (χ4v) is 23.1. The van der Waals surface area contributed by atoms with E-state index in [4.69, 9.17) is 13.6 Å².